The van der Waals surface area contributed by atoms with Crippen molar-refractivity contribution in [3.63, 3.8) is 0 Å². The fourth-order valence-electron chi connectivity index (χ4n) is 10.1. The zero-order valence-corrected chi connectivity index (χ0v) is 32.7. The van der Waals surface area contributed by atoms with Crippen LogP contribution in [0.2, 0.25) is 0 Å². The molecule has 0 fully saturated rings. The molecule has 266 valence electrons. The first kappa shape index (κ1) is 33.9. The minimum atomic E-state index is -0.121. The van der Waals surface area contributed by atoms with E-state index < -0.39 is 0 Å². The van der Waals surface area contributed by atoms with Gasteiger partial charge in [0.2, 0.25) is 0 Å². The van der Waals surface area contributed by atoms with Gasteiger partial charge in [0.25, 0.3) is 0 Å². The molecule has 0 heterocycles. The molecule has 0 bridgehead atoms. The van der Waals surface area contributed by atoms with Gasteiger partial charge in [-0.15, -0.1) is 0 Å². The first-order chi connectivity index (χ1) is 25.4. The Balaban J connectivity index is 1.37. The van der Waals surface area contributed by atoms with Gasteiger partial charge in [-0.2, -0.15) is 0 Å². The maximum absolute atomic E-state index is 2.64. The largest absolute Gasteiger partial charge is 0.310 e. The smallest absolute Gasteiger partial charge is 0.0543 e. The van der Waals surface area contributed by atoms with Gasteiger partial charge >= 0.3 is 0 Å². The van der Waals surface area contributed by atoms with Crippen LogP contribution >= 0.6 is 0 Å². The monoisotopic (exact) mass is 691 g/mol. The lowest BCUT2D eigenvalue weighted by atomic mass is 9.62. The molecule has 6 aromatic carbocycles. The van der Waals surface area contributed by atoms with Gasteiger partial charge in [0.1, 0.15) is 0 Å². The topological polar surface area (TPSA) is 3.24 Å². The van der Waals surface area contributed by atoms with Crippen molar-refractivity contribution in [2.45, 2.75) is 103 Å². The highest BCUT2D eigenvalue weighted by molar-refractivity contribution is 5.96. The normalized spacial score (nSPS) is 17.3. The van der Waals surface area contributed by atoms with Crippen LogP contribution in [0.3, 0.4) is 0 Å². The molecular formula is C52H53N. The van der Waals surface area contributed by atoms with Crippen molar-refractivity contribution in [1.82, 2.24) is 0 Å². The van der Waals surface area contributed by atoms with Gasteiger partial charge in [-0.1, -0.05) is 133 Å². The number of anilines is 3. The molecule has 0 aliphatic heterocycles. The van der Waals surface area contributed by atoms with Crippen LogP contribution in [0.1, 0.15) is 106 Å². The SMILES string of the molecule is Cc1cc2c(cc1-c1cc3c(cc1N(c1ccc(-c4ccccc4)cc1)c1cccc4c1C(C)(C)CCC4(C)C)C(C)(C)c1ccccc1-3)CCCC2. The Kier molecular flexibility index (Phi) is 7.90. The Bertz CT molecular complexity index is 2370. The maximum atomic E-state index is 2.64. The van der Waals surface area contributed by atoms with Crippen LogP contribution in [-0.4, -0.2) is 0 Å². The van der Waals surface area contributed by atoms with E-state index in [4.69, 9.17) is 0 Å². The van der Waals surface area contributed by atoms with Crippen LogP contribution in [0.4, 0.5) is 17.1 Å². The Morgan fingerprint density at radius 3 is 1.87 bits per heavy atom. The molecule has 0 N–H and O–H groups in total. The molecule has 0 aromatic heterocycles. The molecule has 0 radical (unpaired) electrons. The van der Waals surface area contributed by atoms with Crippen molar-refractivity contribution in [3.05, 3.63) is 160 Å². The molecule has 9 rings (SSSR count). The summed E-state index contributed by atoms with van der Waals surface area (Å²) in [6, 6.07) is 46.6. The number of hydrogen-bond donors (Lipinski definition) is 0. The molecule has 0 saturated heterocycles. The molecule has 0 spiro atoms. The molecule has 0 amide bonds. The van der Waals surface area contributed by atoms with E-state index in [9.17, 15) is 0 Å². The highest BCUT2D eigenvalue weighted by Gasteiger charge is 2.41. The summed E-state index contributed by atoms with van der Waals surface area (Å²) in [4.78, 5) is 2.64. The van der Waals surface area contributed by atoms with E-state index in [0.717, 1.165) is 6.42 Å². The van der Waals surface area contributed by atoms with E-state index in [1.165, 1.54) is 116 Å². The van der Waals surface area contributed by atoms with Crippen molar-refractivity contribution < 1.29 is 0 Å². The van der Waals surface area contributed by atoms with Crippen LogP contribution in [0.15, 0.2) is 121 Å². The summed E-state index contributed by atoms with van der Waals surface area (Å²) in [6.07, 6.45) is 7.27. The van der Waals surface area contributed by atoms with Crippen molar-refractivity contribution in [2.24, 2.45) is 0 Å². The quantitative estimate of drug-likeness (QED) is 0.174. The molecule has 6 aromatic rings. The van der Waals surface area contributed by atoms with Crippen molar-refractivity contribution in [1.29, 1.82) is 0 Å². The Morgan fingerprint density at radius 2 is 1.11 bits per heavy atom. The van der Waals surface area contributed by atoms with Crippen LogP contribution in [-0.2, 0) is 29.1 Å². The second kappa shape index (κ2) is 12.3. The third-order valence-corrected chi connectivity index (χ3v) is 13.2. The molecule has 3 aliphatic carbocycles. The van der Waals surface area contributed by atoms with E-state index in [1.807, 2.05) is 0 Å². The molecule has 3 aliphatic rings. The highest BCUT2D eigenvalue weighted by atomic mass is 15.1. The third-order valence-electron chi connectivity index (χ3n) is 13.2. The lowest BCUT2D eigenvalue weighted by molar-refractivity contribution is 0.332. The maximum Gasteiger partial charge on any atom is 0.0543 e. The second-order valence-corrected chi connectivity index (χ2v) is 17.9. The van der Waals surface area contributed by atoms with Gasteiger partial charge < -0.3 is 4.90 Å². The minimum Gasteiger partial charge on any atom is -0.310 e. The molecule has 1 heteroatoms. The fraction of sp³-hybridized carbons (Fsp3) is 0.308. The Hall–Kier alpha value is -4.88. The van der Waals surface area contributed by atoms with E-state index in [-0.39, 0.29) is 16.2 Å². The summed E-state index contributed by atoms with van der Waals surface area (Å²) in [5.41, 5.74) is 21.9. The van der Waals surface area contributed by atoms with Gasteiger partial charge in [0.05, 0.1) is 11.4 Å². The Morgan fingerprint density at radius 1 is 0.472 bits per heavy atom. The van der Waals surface area contributed by atoms with Crippen molar-refractivity contribution >= 4 is 17.1 Å². The summed E-state index contributed by atoms with van der Waals surface area (Å²) in [5, 5.41) is 0. The Labute approximate surface area is 317 Å². The second-order valence-electron chi connectivity index (χ2n) is 17.9. The summed E-state index contributed by atoms with van der Waals surface area (Å²) in [6.45, 7) is 17.0. The van der Waals surface area contributed by atoms with Gasteiger partial charge in [-0.05, 0) is 153 Å². The first-order valence-corrected chi connectivity index (χ1v) is 19.9. The zero-order valence-electron chi connectivity index (χ0n) is 32.7. The lowest BCUT2D eigenvalue weighted by Crippen LogP contribution is -2.35. The first-order valence-electron chi connectivity index (χ1n) is 19.9. The average molecular weight is 692 g/mol. The summed E-state index contributed by atoms with van der Waals surface area (Å²) < 4.78 is 0. The third kappa shape index (κ3) is 5.50. The lowest BCUT2D eigenvalue weighted by Gasteiger charge is -2.45. The summed E-state index contributed by atoms with van der Waals surface area (Å²) in [7, 11) is 0. The van der Waals surface area contributed by atoms with Crippen molar-refractivity contribution in [3.8, 4) is 33.4 Å². The molecule has 0 unspecified atom stereocenters. The minimum absolute atomic E-state index is 0.0256. The van der Waals surface area contributed by atoms with Gasteiger partial charge in [0.15, 0.2) is 0 Å². The predicted octanol–water partition coefficient (Wildman–Crippen LogP) is 14.3. The highest BCUT2D eigenvalue weighted by Crippen LogP contribution is 2.56. The van der Waals surface area contributed by atoms with Crippen molar-refractivity contribution in [2.75, 3.05) is 4.90 Å². The summed E-state index contributed by atoms with van der Waals surface area (Å²) >= 11 is 0. The molecular weight excluding hydrogens is 639 g/mol. The predicted molar refractivity (Wildman–Crippen MR) is 226 cm³/mol. The summed E-state index contributed by atoms with van der Waals surface area (Å²) in [5.74, 6) is 0. The van der Waals surface area contributed by atoms with Crippen LogP contribution in [0.5, 0.6) is 0 Å². The van der Waals surface area contributed by atoms with Crippen LogP contribution in [0, 0.1) is 6.92 Å². The number of rotatable bonds is 5. The molecule has 1 nitrogen and oxygen atoms in total. The number of hydrogen-bond acceptors (Lipinski definition) is 1. The van der Waals surface area contributed by atoms with Crippen LogP contribution in [0.25, 0.3) is 33.4 Å². The number of fused-ring (bicyclic) bond motifs is 5. The van der Waals surface area contributed by atoms with Crippen LogP contribution < -0.4 is 4.90 Å². The van der Waals surface area contributed by atoms with Gasteiger partial charge in [-0.3, -0.25) is 0 Å². The molecule has 0 atom stereocenters. The molecule has 0 saturated carbocycles. The zero-order chi connectivity index (χ0) is 36.7. The molecule has 53 heavy (non-hydrogen) atoms. The fourth-order valence-corrected chi connectivity index (χ4v) is 10.1. The number of benzene rings is 6. The van der Waals surface area contributed by atoms with E-state index >= 15 is 0 Å². The average Bonchev–Trinajstić information content (AvgIpc) is 3.39. The van der Waals surface area contributed by atoms with Gasteiger partial charge in [0, 0.05) is 16.7 Å². The number of aryl methyl sites for hydroxylation is 3. The number of nitrogens with zero attached hydrogens (tertiary/aromatic N) is 1. The van der Waals surface area contributed by atoms with Gasteiger partial charge in [-0.25, -0.2) is 0 Å². The standard InChI is InChI=1S/C52H53N/c1-34-30-37-18-11-12-19-38(37)31-41(34)43-32-42-40-20-13-14-21-44(40)52(6,7)46(42)33-48(43)53(39-26-24-36(25-27-39)35-16-9-8-10-17-35)47-23-15-22-45-49(47)51(4,5)29-28-50(45,2)3/h8-10,13-17,20-27,30-33H,11-12,18-19,28-29H2,1-7H3. The van der Waals surface area contributed by atoms with E-state index in [1.54, 1.807) is 5.56 Å². The van der Waals surface area contributed by atoms with E-state index in [2.05, 4.69) is 175 Å². The van der Waals surface area contributed by atoms with E-state index in [0.29, 0.717) is 0 Å².